The first-order valence-electron chi connectivity index (χ1n) is 11.8. The molecule has 7 nitrogen and oxygen atoms in total. The Morgan fingerprint density at radius 1 is 1.19 bits per heavy atom. The van der Waals surface area contributed by atoms with E-state index < -0.39 is 0 Å². The van der Waals surface area contributed by atoms with E-state index >= 15 is 0 Å². The lowest BCUT2D eigenvalue weighted by Crippen LogP contribution is -2.39. The van der Waals surface area contributed by atoms with Crippen molar-refractivity contribution in [1.82, 2.24) is 15.5 Å². The van der Waals surface area contributed by atoms with Crippen molar-refractivity contribution in [3.63, 3.8) is 0 Å². The molecule has 0 amide bonds. The molecule has 1 atom stereocenters. The van der Waals surface area contributed by atoms with Crippen LogP contribution in [-0.4, -0.2) is 76.1 Å². The Hall–Kier alpha value is -1.83. The predicted octanol–water partition coefficient (Wildman–Crippen LogP) is 2.90. The summed E-state index contributed by atoms with van der Waals surface area (Å²) in [7, 11) is 0. The van der Waals surface area contributed by atoms with Gasteiger partial charge in [-0.05, 0) is 43.9 Å². The molecule has 1 aromatic rings. The third kappa shape index (κ3) is 10.4. The van der Waals surface area contributed by atoms with Gasteiger partial charge in [-0.25, -0.2) is 4.99 Å². The van der Waals surface area contributed by atoms with Crippen LogP contribution in [0.15, 0.2) is 29.3 Å². The molecule has 0 spiro atoms. The molecule has 1 heterocycles. The largest absolute Gasteiger partial charge is 0.492 e. The average Bonchev–Trinajstić information content (AvgIpc) is 2.78. The lowest BCUT2D eigenvalue weighted by Gasteiger charge is -2.26. The first kappa shape index (κ1) is 25.4. The Morgan fingerprint density at radius 3 is 2.71 bits per heavy atom. The summed E-state index contributed by atoms with van der Waals surface area (Å²) in [6.45, 7) is 16.8. The summed E-state index contributed by atoms with van der Waals surface area (Å²) in [5.74, 6) is 2.24. The maximum absolute atomic E-state index is 5.96. The number of hydrogen-bond acceptors (Lipinski definition) is 5. The SMILES string of the molecule is CCNC(=NCc1cccc(OCCN2CCOCC2)c1)NCCC(OCC)C(C)C. The van der Waals surface area contributed by atoms with Crippen molar-refractivity contribution in [2.45, 2.75) is 46.8 Å². The second-order valence-corrected chi connectivity index (χ2v) is 8.10. The second-order valence-electron chi connectivity index (χ2n) is 8.10. The molecular weight excluding hydrogens is 392 g/mol. The van der Waals surface area contributed by atoms with Gasteiger partial charge in [0.25, 0.3) is 0 Å². The number of guanidine groups is 1. The smallest absolute Gasteiger partial charge is 0.191 e. The summed E-state index contributed by atoms with van der Waals surface area (Å²) in [5, 5.41) is 6.76. The number of rotatable bonds is 13. The molecule has 1 aliphatic rings. The Labute approximate surface area is 188 Å². The number of nitrogens with one attached hydrogen (secondary N) is 2. The molecule has 0 saturated carbocycles. The highest BCUT2D eigenvalue weighted by Crippen LogP contribution is 2.14. The number of aliphatic imine (C=N–C) groups is 1. The highest BCUT2D eigenvalue weighted by atomic mass is 16.5. The van der Waals surface area contributed by atoms with Crippen LogP contribution in [0.3, 0.4) is 0 Å². The molecule has 1 unspecified atom stereocenters. The Morgan fingerprint density at radius 2 is 2.00 bits per heavy atom. The predicted molar refractivity (Wildman–Crippen MR) is 127 cm³/mol. The second kappa shape index (κ2) is 15.1. The molecule has 0 radical (unpaired) electrons. The highest BCUT2D eigenvalue weighted by Gasteiger charge is 2.13. The van der Waals surface area contributed by atoms with Crippen molar-refractivity contribution in [3.05, 3.63) is 29.8 Å². The van der Waals surface area contributed by atoms with E-state index in [1.165, 1.54) is 0 Å². The van der Waals surface area contributed by atoms with Crippen LogP contribution in [0.25, 0.3) is 0 Å². The molecule has 1 aliphatic heterocycles. The van der Waals surface area contributed by atoms with Crippen molar-refractivity contribution >= 4 is 5.96 Å². The van der Waals surface area contributed by atoms with Crippen molar-refractivity contribution in [1.29, 1.82) is 0 Å². The van der Waals surface area contributed by atoms with Crippen molar-refractivity contribution in [2.24, 2.45) is 10.9 Å². The minimum Gasteiger partial charge on any atom is -0.492 e. The zero-order chi connectivity index (χ0) is 22.3. The molecule has 31 heavy (non-hydrogen) atoms. The number of nitrogens with zero attached hydrogens (tertiary/aromatic N) is 2. The summed E-state index contributed by atoms with van der Waals surface area (Å²) >= 11 is 0. The molecule has 1 fully saturated rings. The van der Waals surface area contributed by atoms with E-state index in [9.17, 15) is 0 Å². The van der Waals surface area contributed by atoms with Gasteiger partial charge in [0, 0.05) is 39.3 Å². The summed E-state index contributed by atoms with van der Waals surface area (Å²) in [4.78, 5) is 7.12. The van der Waals surface area contributed by atoms with Crippen LogP contribution in [-0.2, 0) is 16.0 Å². The van der Waals surface area contributed by atoms with Gasteiger partial charge in [-0.2, -0.15) is 0 Å². The van der Waals surface area contributed by atoms with Crippen LogP contribution in [0, 0.1) is 5.92 Å². The fourth-order valence-corrected chi connectivity index (χ4v) is 3.52. The van der Waals surface area contributed by atoms with Gasteiger partial charge in [0.05, 0.1) is 25.9 Å². The molecule has 1 aromatic carbocycles. The maximum Gasteiger partial charge on any atom is 0.191 e. The average molecular weight is 435 g/mol. The van der Waals surface area contributed by atoms with Crippen LogP contribution >= 0.6 is 0 Å². The fourth-order valence-electron chi connectivity index (χ4n) is 3.52. The zero-order valence-corrected chi connectivity index (χ0v) is 19.9. The van der Waals surface area contributed by atoms with E-state index in [0.717, 1.165) is 76.2 Å². The lowest BCUT2D eigenvalue weighted by molar-refractivity contribution is 0.0258. The van der Waals surface area contributed by atoms with Gasteiger partial charge < -0.3 is 24.8 Å². The maximum atomic E-state index is 5.96. The Balaban J connectivity index is 1.80. The Bertz CT molecular complexity index is 633. The van der Waals surface area contributed by atoms with E-state index in [1.54, 1.807) is 0 Å². The van der Waals surface area contributed by atoms with Gasteiger partial charge in [0.2, 0.25) is 0 Å². The Kier molecular flexibility index (Phi) is 12.3. The molecule has 0 bridgehead atoms. The third-order valence-electron chi connectivity index (χ3n) is 5.29. The highest BCUT2D eigenvalue weighted by molar-refractivity contribution is 5.79. The standard InChI is InChI=1S/C24H42N4O3/c1-5-25-24(26-11-10-23(20(3)4)30-6-2)27-19-21-8-7-9-22(18-21)31-17-14-28-12-15-29-16-13-28/h7-9,18,20,23H,5-6,10-17,19H2,1-4H3,(H2,25,26,27). The van der Waals surface area contributed by atoms with Crippen LogP contribution in [0.1, 0.15) is 39.7 Å². The molecular formula is C24H42N4O3. The molecule has 2 N–H and O–H groups in total. The van der Waals surface area contributed by atoms with Crippen molar-refractivity contribution in [3.8, 4) is 5.75 Å². The van der Waals surface area contributed by atoms with E-state index in [1.807, 2.05) is 12.1 Å². The van der Waals surface area contributed by atoms with Gasteiger partial charge in [-0.3, -0.25) is 4.90 Å². The van der Waals surface area contributed by atoms with Crippen LogP contribution < -0.4 is 15.4 Å². The van der Waals surface area contributed by atoms with E-state index in [0.29, 0.717) is 19.1 Å². The van der Waals surface area contributed by atoms with Crippen molar-refractivity contribution < 1.29 is 14.2 Å². The summed E-state index contributed by atoms with van der Waals surface area (Å²) in [6.07, 6.45) is 1.23. The van der Waals surface area contributed by atoms with Gasteiger partial charge in [-0.1, -0.05) is 26.0 Å². The molecule has 1 saturated heterocycles. The van der Waals surface area contributed by atoms with Crippen molar-refractivity contribution in [2.75, 3.05) is 59.2 Å². The summed E-state index contributed by atoms with van der Waals surface area (Å²) < 4.78 is 17.2. The molecule has 2 rings (SSSR count). The number of morpholine rings is 1. The number of hydrogen-bond donors (Lipinski definition) is 2. The van der Waals surface area contributed by atoms with E-state index in [-0.39, 0.29) is 6.10 Å². The monoisotopic (exact) mass is 434 g/mol. The molecule has 7 heteroatoms. The minimum atomic E-state index is 0.270. The summed E-state index contributed by atoms with van der Waals surface area (Å²) in [6, 6.07) is 8.21. The zero-order valence-electron chi connectivity index (χ0n) is 19.9. The number of ether oxygens (including phenoxy) is 3. The van der Waals surface area contributed by atoms with Crippen LogP contribution in [0.4, 0.5) is 0 Å². The van der Waals surface area contributed by atoms with Gasteiger partial charge in [-0.15, -0.1) is 0 Å². The van der Waals surface area contributed by atoms with Gasteiger partial charge >= 0.3 is 0 Å². The molecule has 176 valence electrons. The normalized spacial score (nSPS) is 16.4. The molecule has 0 aromatic heterocycles. The van der Waals surface area contributed by atoms with Gasteiger partial charge in [0.15, 0.2) is 5.96 Å². The third-order valence-corrected chi connectivity index (χ3v) is 5.29. The minimum absolute atomic E-state index is 0.270. The molecule has 0 aliphatic carbocycles. The quantitative estimate of drug-likeness (QED) is 0.368. The lowest BCUT2D eigenvalue weighted by atomic mass is 10.0. The first-order valence-corrected chi connectivity index (χ1v) is 11.8. The van der Waals surface area contributed by atoms with E-state index in [2.05, 4.69) is 55.4 Å². The van der Waals surface area contributed by atoms with Crippen LogP contribution in [0.5, 0.6) is 5.75 Å². The van der Waals surface area contributed by atoms with E-state index in [4.69, 9.17) is 19.2 Å². The van der Waals surface area contributed by atoms with Gasteiger partial charge in [0.1, 0.15) is 12.4 Å². The topological polar surface area (TPSA) is 67.4 Å². The summed E-state index contributed by atoms with van der Waals surface area (Å²) in [5.41, 5.74) is 1.13. The number of benzene rings is 1. The van der Waals surface area contributed by atoms with Crippen LogP contribution in [0.2, 0.25) is 0 Å². The first-order chi connectivity index (χ1) is 15.1. The fraction of sp³-hybridized carbons (Fsp3) is 0.708.